The molecule has 0 N–H and O–H groups in total. The number of fused-ring (bicyclic) bond motifs is 1. The number of likely N-dealkylation sites (N-methyl/N-ethyl adjacent to an activating group) is 1. The van der Waals surface area contributed by atoms with Crippen LogP contribution in [0.5, 0.6) is 0 Å². The number of anilines is 2. The van der Waals surface area contributed by atoms with Gasteiger partial charge in [0, 0.05) is 13.1 Å². The molecule has 1 aliphatic heterocycles. The lowest BCUT2D eigenvalue weighted by Crippen LogP contribution is -2.53. The largest absolute Gasteiger partial charge is 0.341 e. The summed E-state index contributed by atoms with van der Waals surface area (Å²) < 4.78 is 0. The SMILES string of the molecule is CC(C)N1c2nc(Cl)ccc2N(C)C(=O)C1C. The first-order valence-corrected chi connectivity index (χ1v) is 6.03. The van der Waals surface area contributed by atoms with E-state index in [4.69, 9.17) is 11.6 Å². The van der Waals surface area contributed by atoms with Gasteiger partial charge in [0.15, 0.2) is 5.82 Å². The second-order valence-corrected chi connectivity index (χ2v) is 4.94. The molecule has 0 bridgehead atoms. The first kappa shape index (κ1) is 12.2. The fourth-order valence-corrected chi connectivity index (χ4v) is 2.41. The van der Waals surface area contributed by atoms with E-state index < -0.39 is 0 Å². The van der Waals surface area contributed by atoms with Crippen LogP contribution in [0.15, 0.2) is 12.1 Å². The normalized spacial score (nSPS) is 19.9. The summed E-state index contributed by atoms with van der Waals surface area (Å²) in [6.45, 7) is 5.98. The van der Waals surface area contributed by atoms with E-state index in [0.29, 0.717) is 5.15 Å². The van der Waals surface area contributed by atoms with Crippen molar-refractivity contribution in [3.8, 4) is 0 Å². The van der Waals surface area contributed by atoms with Crippen molar-refractivity contribution in [2.45, 2.75) is 32.9 Å². The highest BCUT2D eigenvalue weighted by molar-refractivity contribution is 6.29. The summed E-state index contributed by atoms with van der Waals surface area (Å²) in [5.41, 5.74) is 0.811. The molecule has 2 heterocycles. The van der Waals surface area contributed by atoms with E-state index in [-0.39, 0.29) is 18.0 Å². The number of hydrogen-bond donors (Lipinski definition) is 0. The van der Waals surface area contributed by atoms with Gasteiger partial charge >= 0.3 is 0 Å². The van der Waals surface area contributed by atoms with Crippen LogP contribution < -0.4 is 9.80 Å². The Labute approximate surface area is 106 Å². The lowest BCUT2D eigenvalue weighted by Gasteiger charge is -2.41. The van der Waals surface area contributed by atoms with E-state index in [1.807, 2.05) is 31.7 Å². The summed E-state index contributed by atoms with van der Waals surface area (Å²) in [6.07, 6.45) is 0. The Morgan fingerprint density at radius 2 is 2.06 bits per heavy atom. The van der Waals surface area contributed by atoms with Gasteiger partial charge in [0.1, 0.15) is 11.2 Å². The van der Waals surface area contributed by atoms with Crippen LogP contribution in [-0.2, 0) is 4.79 Å². The van der Waals surface area contributed by atoms with Gasteiger partial charge in [0.2, 0.25) is 5.91 Å². The smallest absolute Gasteiger partial charge is 0.249 e. The topological polar surface area (TPSA) is 36.4 Å². The quantitative estimate of drug-likeness (QED) is 0.721. The predicted molar refractivity (Wildman–Crippen MR) is 69.7 cm³/mol. The standard InChI is InChI=1S/C12H16ClN3O/c1-7(2)16-8(3)12(17)15(4)9-5-6-10(13)14-11(9)16/h5-8H,1-4H3. The van der Waals surface area contributed by atoms with Crippen LogP contribution in [0, 0.1) is 0 Å². The zero-order valence-electron chi connectivity index (χ0n) is 10.4. The van der Waals surface area contributed by atoms with Gasteiger partial charge < -0.3 is 9.80 Å². The minimum Gasteiger partial charge on any atom is -0.341 e. The zero-order chi connectivity index (χ0) is 12.7. The summed E-state index contributed by atoms with van der Waals surface area (Å²) in [5.74, 6) is 0.859. The number of aromatic nitrogens is 1. The molecule has 1 unspecified atom stereocenters. The van der Waals surface area contributed by atoms with Gasteiger partial charge in [-0.3, -0.25) is 4.79 Å². The summed E-state index contributed by atoms with van der Waals surface area (Å²) >= 11 is 5.94. The molecule has 0 aliphatic carbocycles. The van der Waals surface area contributed by atoms with Crippen LogP contribution in [0.4, 0.5) is 11.5 Å². The zero-order valence-corrected chi connectivity index (χ0v) is 11.2. The van der Waals surface area contributed by atoms with Crippen molar-refractivity contribution < 1.29 is 4.79 Å². The molecule has 0 fully saturated rings. The number of halogens is 1. The van der Waals surface area contributed by atoms with Crippen LogP contribution >= 0.6 is 11.6 Å². The molecule has 1 atom stereocenters. The molecule has 0 saturated carbocycles. The van der Waals surface area contributed by atoms with Crippen LogP contribution in [0.3, 0.4) is 0 Å². The molecular formula is C12H16ClN3O. The number of carbonyl (C=O) groups excluding carboxylic acids is 1. The molecular weight excluding hydrogens is 238 g/mol. The van der Waals surface area contributed by atoms with Crippen molar-refractivity contribution in [2.75, 3.05) is 16.8 Å². The maximum Gasteiger partial charge on any atom is 0.249 e. The van der Waals surface area contributed by atoms with Gasteiger partial charge in [-0.15, -0.1) is 0 Å². The second-order valence-electron chi connectivity index (χ2n) is 4.55. The van der Waals surface area contributed by atoms with E-state index in [0.717, 1.165) is 11.5 Å². The third-order valence-corrected chi connectivity index (χ3v) is 3.30. The number of pyridine rings is 1. The Kier molecular flexibility index (Phi) is 3.00. The molecule has 0 saturated heterocycles. The lowest BCUT2D eigenvalue weighted by atomic mass is 10.1. The molecule has 17 heavy (non-hydrogen) atoms. The third-order valence-electron chi connectivity index (χ3n) is 3.09. The first-order chi connectivity index (χ1) is 7.93. The van der Waals surface area contributed by atoms with Gasteiger partial charge in [0.05, 0.1) is 5.69 Å². The van der Waals surface area contributed by atoms with Crippen molar-refractivity contribution in [3.05, 3.63) is 17.3 Å². The minimum absolute atomic E-state index is 0.0790. The Hall–Kier alpha value is -1.29. The Morgan fingerprint density at radius 1 is 1.41 bits per heavy atom. The lowest BCUT2D eigenvalue weighted by molar-refractivity contribution is -0.119. The van der Waals surface area contributed by atoms with Gasteiger partial charge in [0.25, 0.3) is 0 Å². The summed E-state index contributed by atoms with van der Waals surface area (Å²) in [7, 11) is 1.77. The number of carbonyl (C=O) groups is 1. The van der Waals surface area contributed by atoms with E-state index in [9.17, 15) is 4.79 Å². The molecule has 5 heteroatoms. The highest BCUT2D eigenvalue weighted by atomic mass is 35.5. The van der Waals surface area contributed by atoms with Gasteiger partial charge in [-0.1, -0.05) is 11.6 Å². The van der Waals surface area contributed by atoms with E-state index in [1.54, 1.807) is 18.0 Å². The Bertz CT molecular complexity index is 461. The average Bonchev–Trinajstić information content (AvgIpc) is 2.25. The molecule has 1 amide bonds. The fraction of sp³-hybridized carbons (Fsp3) is 0.500. The van der Waals surface area contributed by atoms with E-state index >= 15 is 0 Å². The number of amides is 1. The highest BCUT2D eigenvalue weighted by Crippen LogP contribution is 2.35. The van der Waals surface area contributed by atoms with Crippen LogP contribution in [-0.4, -0.2) is 30.0 Å². The molecule has 1 aliphatic rings. The molecule has 1 aromatic heterocycles. The fourth-order valence-electron chi connectivity index (χ4n) is 2.26. The Morgan fingerprint density at radius 3 is 2.65 bits per heavy atom. The van der Waals surface area contributed by atoms with Crippen LogP contribution in [0.25, 0.3) is 0 Å². The van der Waals surface area contributed by atoms with Crippen molar-refractivity contribution in [1.82, 2.24) is 4.98 Å². The average molecular weight is 254 g/mol. The molecule has 92 valence electrons. The Balaban J connectivity index is 2.60. The molecule has 0 spiro atoms. The van der Waals surface area contributed by atoms with Crippen molar-refractivity contribution in [3.63, 3.8) is 0 Å². The van der Waals surface area contributed by atoms with Gasteiger partial charge in [-0.2, -0.15) is 0 Å². The minimum atomic E-state index is -0.210. The van der Waals surface area contributed by atoms with E-state index in [1.165, 1.54) is 0 Å². The monoisotopic (exact) mass is 253 g/mol. The maximum absolute atomic E-state index is 12.1. The summed E-state index contributed by atoms with van der Waals surface area (Å²) in [5, 5.41) is 0.448. The van der Waals surface area contributed by atoms with Gasteiger partial charge in [-0.25, -0.2) is 4.98 Å². The summed E-state index contributed by atoms with van der Waals surface area (Å²) in [4.78, 5) is 20.1. The first-order valence-electron chi connectivity index (χ1n) is 5.66. The van der Waals surface area contributed by atoms with Crippen LogP contribution in [0.1, 0.15) is 20.8 Å². The predicted octanol–water partition coefficient (Wildman–Crippen LogP) is 2.31. The second kappa shape index (κ2) is 4.18. The molecule has 0 aromatic carbocycles. The molecule has 4 nitrogen and oxygen atoms in total. The van der Waals surface area contributed by atoms with E-state index in [2.05, 4.69) is 4.98 Å². The highest BCUT2D eigenvalue weighted by Gasteiger charge is 2.35. The maximum atomic E-state index is 12.1. The molecule has 0 radical (unpaired) electrons. The number of nitrogens with zero attached hydrogens (tertiary/aromatic N) is 3. The van der Waals surface area contributed by atoms with Gasteiger partial charge in [-0.05, 0) is 32.9 Å². The summed E-state index contributed by atoms with van der Waals surface area (Å²) in [6, 6.07) is 3.54. The number of hydrogen-bond acceptors (Lipinski definition) is 3. The van der Waals surface area contributed by atoms with Crippen molar-refractivity contribution in [2.24, 2.45) is 0 Å². The number of rotatable bonds is 1. The molecule has 2 rings (SSSR count). The van der Waals surface area contributed by atoms with Crippen molar-refractivity contribution >= 4 is 29.0 Å². The third kappa shape index (κ3) is 1.86. The van der Waals surface area contributed by atoms with Crippen molar-refractivity contribution in [1.29, 1.82) is 0 Å². The molecule has 1 aromatic rings. The van der Waals surface area contributed by atoms with Crippen LogP contribution in [0.2, 0.25) is 5.15 Å².